The van der Waals surface area contributed by atoms with Crippen molar-refractivity contribution in [3.8, 4) is 5.75 Å². The summed E-state index contributed by atoms with van der Waals surface area (Å²) in [6.07, 6.45) is 1.75. The average Bonchev–Trinajstić information content (AvgIpc) is 2.54. The lowest BCUT2D eigenvalue weighted by molar-refractivity contribution is 0.0717. The Labute approximate surface area is 124 Å². The van der Waals surface area contributed by atoms with E-state index in [4.69, 9.17) is 10.5 Å². The van der Waals surface area contributed by atoms with E-state index in [2.05, 4.69) is 0 Å². The average molecular weight is 284 g/mol. The van der Waals surface area contributed by atoms with Crippen LogP contribution in [0.4, 0.5) is 0 Å². The normalized spacial score (nSPS) is 16.2. The van der Waals surface area contributed by atoms with Gasteiger partial charge in [-0.15, -0.1) is 0 Å². The number of piperidine rings is 1. The number of hydrogen-bond acceptors (Lipinski definition) is 3. The van der Waals surface area contributed by atoms with Gasteiger partial charge in [0.15, 0.2) is 0 Å². The summed E-state index contributed by atoms with van der Waals surface area (Å²) in [5.41, 5.74) is 6.65. The number of methoxy groups -OCH3 is 1. The first kappa shape index (κ1) is 13.9. The molecule has 1 aliphatic heterocycles. The van der Waals surface area contributed by atoms with Crippen LogP contribution in [0.5, 0.6) is 5.75 Å². The Balaban J connectivity index is 1.99. The van der Waals surface area contributed by atoms with Gasteiger partial charge in [-0.2, -0.15) is 0 Å². The highest BCUT2D eigenvalue weighted by Crippen LogP contribution is 2.29. The van der Waals surface area contributed by atoms with Crippen LogP contribution in [0.3, 0.4) is 0 Å². The number of ether oxygens (including phenoxy) is 1. The lowest BCUT2D eigenvalue weighted by Crippen LogP contribution is -2.42. The van der Waals surface area contributed by atoms with Crippen LogP contribution in [0.2, 0.25) is 0 Å². The van der Waals surface area contributed by atoms with Gasteiger partial charge in [0, 0.05) is 30.1 Å². The third-order valence-corrected chi connectivity index (χ3v) is 4.16. The topological polar surface area (TPSA) is 55.6 Å². The summed E-state index contributed by atoms with van der Waals surface area (Å²) < 4.78 is 5.38. The molecule has 1 fully saturated rings. The molecule has 0 aromatic heterocycles. The molecule has 0 saturated carbocycles. The Kier molecular flexibility index (Phi) is 3.80. The lowest BCUT2D eigenvalue weighted by atomic mass is 10.0. The second-order valence-corrected chi connectivity index (χ2v) is 5.49. The number of nitrogens with zero attached hydrogens (tertiary/aromatic N) is 1. The van der Waals surface area contributed by atoms with E-state index in [0.717, 1.165) is 48.0 Å². The molecule has 4 heteroatoms. The Bertz CT molecular complexity index is 661. The molecular weight excluding hydrogens is 264 g/mol. The predicted octanol–water partition coefficient (Wildman–Crippen LogP) is 2.41. The summed E-state index contributed by atoms with van der Waals surface area (Å²) in [7, 11) is 1.65. The van der Waals surface area contributed by atoms with Crippen LogP contribution < -0.4 is 10.5 Å². The minimum Gasteiger partial charge on any atom is -0.496 e. The van der Waals surface area contributed by atoms with Crippen molar-refractivity contribution in [3.63, 3.8) is 0 Å². The second-order valence-electron chi connectivity index (χ2n) is 5.49. The van der Waals surface area contributed by atoms with Crippen molar-refractivity contribution in [2.75, 3.05) is 20.2 Å². The molecule has 4 nitrogen and oxygen atoms in total. The molecule has 2 N–H and O–H groups in total. The smallest absolute Gasteiger partial charge is 0.254 e. The van der Waals surface area contributed by atoms with Crippen LogP contribution in [0.25, 0.3) is 10.8 Å². The maximum Gasteiger partial charge on any atom is 0.254 e. The number of benzene rings is 2. The number of hydrogen-bond donors (Lipinski definition) is 1. The Morgan fingerprint density at radius 2 is 1.81 bits per heavy atom. The number of nitrogens with two attached hydrogens (primary N) is 1. The van der Waals surface area contributed by atoms with Gasteiger partial charge in [0.2, 0.25) is 0 Å². The molecule has 1 heterocycles. The molecule has 2 aromatic carbocycles. The first-order valence-corrected chi connectivity index (χ1v) is 7.31. The van der Waals surface area contributed by atoms with E-state index in [1.807, 2.05) is 41.3 Å². The molecule has 2 aromatic rings. The van der Waals surface area contributed by atoms with Crippen LogP contribution >= 0.6 is 0 Å². The monoisotopic (exact) mass is 284 g/mol. The molecule has 0 radical (unpaired) electrons. The van der Waals surface area contributed by atoms with Crippen molar-refractivity contribution in [2.45, 2.75) is 18.9 Å². The summed E-state index contributed by atoms with van der Waals surface area (Å²) in [4.78, 5) is 14.7. The molecule has 110 valence electrons. The maximum atomic E-state index is 12.8. The van der Waals surface area contributed by atoms with Crippen LogP contribution in [-0.4, -0.2) is 37.0 Å². The molecule has 0 aliphatic carbocycles. The van der Waals surface area contributed by atoms with Gasteiger partial charge < -0.3 is 15.4 Å². The third-order valence-electron chi connectivity index (χ3n) is 4.16. The Morgan fingerprint density at radius 3 is 2.48 bits per heavy atom. The fraction of sp³-hybridized carbons (Fsp3) is 0.353. The zero-order chi connectivity index (χ0) is 14.8. The van der Waals surface area contributed by atoms with Crippen LogP contribution in [-0.2, 0) is 0 Å². The van der Waals surface area contributed by atoms with Crippen LogP contribution in [0.1, 0.15) is 23.2 Å². The number of likely N-dealkylation sites (tertiary alicyclic amines) is 1. The summed E-state index contributed by atoms with van der Waals surface area (Å²) in [5, 5.41) is 1.91. The quantitative estimate of drug-likeness (QED) is 0.921. The third kappa shape index (κ3) is 2.59. The second kappa shape index (κ2) is 5.74. The van der Waals surface area contributed by atoms with Crippen molar-refractivity contribution in [3.05, 3.63) is 42.0 Å². The molecular formula is C17H20N2O2. The van der Waals surface area contributed by atoms with Gasteiger partial charge in [-0.25, -0.2) is 0 Å². The van der Waals surface area contributed by atoms with Gasteiger partial charge in [-0.1, -0.05) is 24.3 Å². The highest BCUT2D eigenvalue weighted by Gasteiger charge is 2.23. The van der Waals surface area contributed by atoms with Crippen LogP contribution in [0.15, 0.2) is 36.4 Å². The van der Waals surface area contributed by atoms with E-state index >= 15 is 0 Å². The standard InChI is InChI=1S/C17H20N2O2/c1-21-16-7-6-15(13-4-2-3-5-14(13)16)17(20)19-10-8-12(18)9-11-19/h2-7,12H,8-11,18H2,1H3. The van der Waals surface area contributed by atoms with E-state index in [-0.39, 0.29) is 11.9 Å². The van der Waals surface area contributed by atoms with E-state index in [9.17, 15) is 4.79 Å². The minimum atomic E-state index is 0.0840. The van der Waals surface area contributed by atoms with Crippen molar-refractivity contribution < 1.29 is 9.53 Å². The van der Waals surface area contributed by atoms with Crippen LogP contribution in [0, 0.1) is 0 Å². The molecule has 1 aliphatic rings. The first-order valence-electron chi connectivity index (χ1n) is 7.31. The van der Waals surface area contributed by atoms with E-state index in [1.165, 1.54) is 0 Å². The number of carbonyl (C=O) groups excluding carboxylic acids is 1. The molecule has 0 spiro atoms. The SMILES string of the molecule is COc1ccc(C(=O)N2CCC(N)CC2)c2ccccc12. The molecule has 21 heavy (non-hydrogen) atoms. The first-order chi connectivity index (χ1) is 10.2. The number of carbonyl (C=O) groups is 1. The number of fused-ring (bicyclic) bond motifs is 1. The largest absolute Gasteiger partial charge is 0.496 e. The fourth-order valence-electron chi connectivity index (χ4n) is 2.91. The van der Waals surface area contributed by atoms with Gasteiger partial charge in [-0.05, 0) is 30.4 Å². The van der Waals surface area contributed by atoms with Gasteiger partial charge in [0.1, 0.15) is 5.75 Å². The molecule has 3 rings (SSSR count). The van der Waals surface area contributed by atoms with Gasteiger partial charge in [-0.3, -0.25) is 4.79 Å². The van der Waals surface area contributed by atoms with Crippen molar-refractivity contribution in [1.82, 2.24) is 4.90 Å². The van der Waals surface area contributed by atoms with Gasteiger partial charge >= 0.3 is 0 Å². The Morgan fingerprint density at radius 1 is 1.14 bits per heavy atom. The fourth-order valence-corrected chi connectivity index (χ4v) is 2.91. The molecule has 0 bridgehead atoms. The lowest BCUT2D eigenvalue weighted by Gasteiger charge is -2.30. The van der Waals surface area contributed by atoms with Crippen molar-refractivity contribution >= 4 is 16.7 Å². The highest BCUT2D eigenvalue weighted by atomic mass is 16.5. The van der Waals surface area contributed by atoms with E-state index in [1.54, 1.807) is 7.11 Å². The molecule has 1 saturated heterocycles. The highest BCUT2D eigenvalue weighted by molar-refractivity contribution is 6.08. The molecule has 1 amide bonds. The summed E-state index contributed by atoms with van der Waals surface area (Å²) in [6.45, 7) is 1.47. The van der Waals surface area contributed by atoms with Crippen molar-refractivity contribution in [1.29, 1.82) is 0 Å². The van der Waals surface area contributed by atoms with Gasteiger partial charge in [0.05, 0.1) is 7.11 Å². The number of amides is 1. The van der Waals surface area contributed by atoms with E-state index < -0.39 is 0 Å². The maximum absolute atomic E-state index is 12.8. The summed E-state index contributed by atoms with van der Waals surface area (Å²) in [5.74, 6) is 0.878. The summed E-state index contributed by atoms with van der Waals surface area (Å²) >= 11 is 0. The van der Waals surface area contributed by atoms with Crippen molar-refractivity contribution in [2.24, 2.45) is 5.73 Å². The Hall–Kier alpha value is -2.07. The van der Waals surface area contributed by atoms with E-state index in [0.29, 0.717) is 0 Å². The van der Waals surface area contributed by atoms with Gasteiger partial charge in [0.25, 0.3) is 5.91 Å². The molecule has 0 unspecified atom stereocenters. The predicted molar refractivity (Wildman–Crippen MR) is 83.6 cm³/mol. The molecule has 0 atom stereocenters. The minimum absolute atomic E-state index is 0.0840. The summed E-state index contributed by atoms with van der Waals surface area (Å²) in [6, 6.07) is 11.8. The zero-order valence-corrected chi connectivity index (χ0v) is 12.2. The zero-order valence-electron chi connectivity index (χ0n) is 12.2. The number of rotatable bonds is 2.